The second-order valence-electron chi connectivity index (χ2n) is 5.39. The van der Waals surface area contributed by atoms with E-state index in [0.717, 1.165) is 12.8 Å². The molecule has 1 aromatic rings. The Bertz CT molecular complexity index is 514. The number of nitro benzene ring substituents is 1. The summed E-state index contributed by atoms with van der Waals surface area (Å²) in [6.07, 6.45) is 4.16. The van der Waals surface area contributed by atoms with Crippen LogP contribution in [0.5, 0.6) is 5.75 Å². The number of rotatable bonds is 3. The van der Waals surface area contributed by atoms with Crippen LogP contribution in [0.2, 0.25) is 0 Å². The van der Waals surface area contributed by atoms with Crippen molar-refractivity contribution in [2.45, 2.75) is 31.7 Å². The summed E-state index contributed by atoms with van der Waals surface area (Å²) in [5.41, 5.74) is 0.508. The van der Waals surface area contributed by atoms with E-state index >= 15 is 0 Å². The zero-order chi connectivity index (χ0) is 13.5. The van der Waals surface area contributed by atoms with Crippen LogP contribution in [0, 0.1) is 15.5 Å². The van der Waals surface area contributed by atoms with Crippen molar-refractivity contribution in [2.75, 3.05) is 0 Å². The SMILES string of the molecule is O=C(NC1CC2(CC2)C1)Oc1ccc([N+](=O)[O-])cc1. The van der Waals surface area contributed by atoms with E-state index in [1.165, 1.54) is 37.1 Å². The number of carbonyl (C=O) groups is 1. The maximum absolute atomic E-state index is 11.6. The Morgan fingerprint density at radius 3 is 2.47 bits per heavy atom. The fourth-order valence-electron chi connectivity index (χ4n) is 2.61. The van der Waals surface area contributed by atoms with Gasteiger partial charge in [0.25, 0.3) is 5.69 Å². The molecule has 1 spiro atoms. The molecule has 0 bridgehead atoms. The first-order chi connectivity index (χ1) is 9.06. The number of ether oxygens (including phenoxy) is 1. The van der Waals surface area contributed by atoms with Gasteiger partial charge in [0.1, 0.15) is 5.75 Å². The number of nitro groups is 1. The van der Waals surface area contributed by atoms with Crippen molar-refractivity contribution in [3.8, 4) is 5.75 Å². The number of hydrogen-bond donors (Lipinski definition) is 1. The molecular weight excluding hydrogens is 248 g/mol. The van der Waals surface area contributed by atoms with Crippen LogP contribution in [0.25, 0.3) is 0 Å². The second-order valence-corrected chi connectivity index (χ2v) is 5.39. The van der Waals surface area contributed by atoms with Gasteiger partial charge in [0.2, 0.25) is 0 Å². The summed E-state index contributed by atoms with van der Waals surface area (Å²) < 4.78 is 5.07. The molecule has 0 aliphatic heterocycles. The van der Waals surface area contributed by atoms with E-state index in [9.17, 15) is 14.9 Å². The molecule has 1 aromatic carbocycles. The molecule has 2 fully saturated rings. The molecule has 2 saturated carbocycles. The van der Waals surface area contributed by atoms with Gasteiger partial charge in [-0.15, -0.1) is 0 Å². The van der Waals surface area contributed by atoms with Crippen molar-refractivity contribution in [3.05, 3.63) is 34.4 Å². The Kier molecular flexibility index (Phi) is 2.66. The molecule has 6 heteroatoms. The minimum Gasteiger partial charge on any atom is -0.410 e. The molecule has 0 atom stereocenters. The normalized spacial score (nSPS) is 19.6. The second kappa shape index (κ2) is 4.22. The van der Waals surface area contributed by atoms with Crippen molar-refractivity contribution >= 4 is 11.8 Å². The molecule has 0 unspecified atom stereocenters. The molecule has 2 aliphatic carbocycles. The van der Waals surface area contributed by atoms with Gasteiger partial charge < -0.3 is 10.1 Å². The summed E-state index contributed by atoms with van der Waals surface area (Å²) >= 11 is 0. The molecule has 19 heavy (non-hydrogen) atoms. The Morgan fingerprint density at radius 1 is 1.32 bits per heavy atom. The smallest absolute Gasteiger partial charge is 0.410 e. The molecule has 0 saturated heterocycles. The average Bonchev–Trinajstić information content (AvgIpc) is 3.09. The summed E-state index contributed by atoms with van der Waals surface area (Å²) in [5, 5.41) is 13.3. The van der Waals surface area contributed by atoms with Crippen LogP contribution >= 0.6 is 0 Å². The lowest BCUT2D eigenvalue weighted by atomic mass is 9.77. The summed E-state index contributed by atoms with van der Waals surface area (Å²) in [4.78, 5) is 21.6. The van der Waals surface area contributed by atoms with Crippen LogP contribution in [0.1, 0.15) is 25.7 Å². The molecule has 6 nitrogen and oxygen atoms in total. The Morgan fingerprint density at radius 2 is 1.95 bits per heavy atom. The zero-order valence-electron chi connectivity index (χ0n) is 10.3. The van der Waals surface area contributed by atoms with Crippen LogP contribution in [-0.4, -0.2) is 17.1 Å². The number of amides is 1. The van der Waals surface area contributed by atoms with Crippen molar-refractivity contribution in [2.24, 2.45) is 5.41 Å². The Hall–Kier alpha value is -2.11. The highest BCUT2D eigenvalue weighted by Crippen LogP contribution is 2.60. The van der Waals surface area contributed by atoms with E-state index in [2.05, 4.69) is 5.32 Å². The summed E-state index contributed by atoms with van der Waals surface area (Å²) in [7, 11) is 0. The first-order valence-corrected chi connectivity index (χ1v) is 6.29. The first kappa shape index (κ1) is 12.0. The lowest BCUT2D eigenvalue weighted by molar-refractivity contribution is -0.384. The molecule has 3 rings (SSSR count). The van der Waals surface area contributed by atoms with Crippen molar-refractivity contribution in [3.63, 3.8) is 0 Å². The molecule has 100 valence electrons. The summed E-state index contributed by atoms with van der Waals surface area (Å²) in [6.45, 7) is 0. The standard InChI is InChI=1S/C13H14N2O4/c16-12(14-9-7-13(8-9)5-6-13)19-11-3-1-10(2-4-11)15(17)18/h1-4,9H,5-8H2,(H,14,16). The number of non-ortho nitro benzene ring substituents is 1. The number of benzene rings is 1. The lowest BCUT2D eigenvalue weighted by Crippen LogP contribution is -2.46. The van der Waals surface area contributed by atoms with E-state index in [1.807, 2.05) is 0 Å². The topological polar surface area (TPSA) is 81.5 Å². The third-order valence-electron chi connectivity index (χ3n) is 3.90. The van der Waals surface area contributed by atoms with E-state index in [0.29, 0.717) is 11.2 Å². The van der Waals surface area contributed by atoms with Gasteiger partial charge in [0, 0.05) is 18.2 Å². The van der Waals surface area contributed by atoms with Crippen LogP contribution in [0.4, 0.5) is 10.5 Å². The molecule has 2 aliphatic rings. The first-order valence-electron chi connectivity index (χ1n) is 6.29. The minimum atomic E-state index is -0.493. The number of hydrogen-bond acceptors (Lipinski definition) is 4. The maximum atomic E-state index is 11.6. The predicted octanol–water partition coefficient (Wildman–Crippen LogP) is 2.63. The van der Waals surface area contributed by atoms with Gasteiger partial charge in [0.05, 0.1) is 4.92 Å². The van der Waals surface area contributed by atoms with Crippen LogP contribution in [0.15, 0.2) is 24.3 Å². The monoisotopic (exact) mass is 262 g/mol. The van der Waals surface area contributed by atoms with Gasteiger partial charge in [0.15, 0.2) is 0 Å². The average molecular weight is 262 g/mol. The van der Waals surface area contributed by atoms with E-state index < -0.39 is 11.0 Å². The maximum Gasteiger partial charge on any atom is 0.412 e. The van der Waals surface area contributed by atoms with E-state index in [4.69, 9.17) is 4.74 Å². The van der Waals surface area contributed by atoms with Gasteiger partial charge in [-0.2, -0.15) is 0 Å². The van der Waals surface area contributed by atoms with Gasteiger partial charge in [-0.1, -0.05) is 0 Å². The van der Waals surface area contributed by atoms with Gasteiger partial charge >= 0.3 is 6.09 Å². The third kappa shape index (κ3) is 2.52. The predicted molar refractivity (Wildman–Crippen MR) is 66.9 cm³/mol. The molecule has 0 radical (unpaired) electrons. The van der Waals surface area contributed by atoms with Crippen molar-refractivity contribution in [1.29, 1.82) is 0 Å². The summed E-state index contributed by atoms with van der Waals surface area (Å²) in [6, 6.07) is 5.67. The van der Waals surface area contributed by atoms with Gasteiger partial charge in [-0.3, -0.25) is 10.1 Å². The molecular formula is C13H14N2O4. The fourth-order valence-corrected chi connectivity index (χ4v) is 2.61. The van der Waals surface area contributed by atoms with E-state index in [1.54, 1.807) is 0 Å². The molecule has 1 amide bonds. The van der Waals surface area contributed by atoms with Gasteiger partial charge in [-0.05, 0) is 43.2 Å². The highest BCUT2D eigenvalue weighted by atomic mass is 16.6. The number of nitrogens with one attached hydrogen (secondary N) is 1. The lowest BCUT2D eigenvalue weighted by Gasteiger charge is -2.35. The van der Waals surface area contributed by atoms with Crippen molar-refractivity contribution in [1.82, 2.24) is 5.32 Å². The Labute approximate surface area is 109 Å². The van der Waals surface area contributed by atoms with E-state index in [-0.39, 0.29) is 11.7 Å². The van der Waals surface area contributed by atoms with Crippen LogP contribution < -0.4 is 10.1 Å². The van der Waals surface area contributed by atoms with Crippen molar-refractivity contribution < 1.29 is 14.5 Å². The minimum absolute atomic E-state index is 0.0255. The quantitative estimate of drug-likeness (QED) is 0.670. The molecule has 0 heterocycles. The van der Waals surface area contributed by atoms with Crippen LogP contribution in [-0.2, 0) is 0 Å². The summed E-state index contributed by atoms with van der Waals surface area (Å²) in [5.74, 6) is 0.309. The third-order valence-corrected chi connectivity index (χ3v) is 3.90. The molecule has 1 N–H and O–H groups in total. The van der Waals surface area contributed by atoms with Crippen LogP contribution in [0.3, 0.4) is 0 Å². The largest absolute Gasteiger partial charge is 0.412 e. The molecule has 0 aromatic heterocycles. The number of nitrogens with zero attached hydrogens (tertiary/aromatic N) is 1. The van der Waals surface area contributed by atoms with Gasteiger partial charge in [-0.25, -0.2) is 4.79 Å². The highest BCUT2D eigenvalue weighted by molar-refractivity contribution is 5.71. The highest BCUT2D eigenvalue weighted by Gasteiger charge is 2.53. The Balaban J connectivity index is 1.50. The number of carbonyl (C=O) groups excluding carboxylic acids is 1. The zero-order valence-corrected chi connectivity index (χ0v) is 10.3. The fraction of sp³-hybridized carbons (Fsp3) is 0.462.